The average Bonchev–Trinajstić information content (AvgIpc) is 2.59. The molecule has 7 heteroatoms. The number of ether oxygens (including phenoxy) is 4. The first kappa shape index (κ1) is 17.7. The zero-order valence-electron chi connectivity index (χ0n) is 13.5. The molecule has 1 aliphatic heterocycles. The van der Waals surface area contributed by atoms with Crippen molar-refractivity contribution < 1.29 is 23.7 Å². The first-order valence-electron chi connectivity index (χ1n) is 7.65. The second kappa shape index (κ2) is 7.85. The lowest BCUT2D eigenvalue weighted by Gasteiger charge is -2.20. The van der Waals surface area contributed by atoms with Gasteiger partial charge in [-0.05, 0) is 48.4 Å². The van der Waals surface area contributed by atoms with Gasteiger partial charge in [-0.2, -0.15) is 0 Å². The fourth-order valence-corrected chi connectivity index (χ4v) is 2.88. The summed E-state index contributed by atoms with van der Waals surface area (Å²) in [5.74, 6) is 1.17. The Morgan fingerprint density at radius 2 is 1.96 bits per heavy atom. The van der Waals surface area contributed by atoms with Gasteiger partial charge in [-0.1, -0.05) is 23.2 Å². The quantitative estimate of drug-likeness (QED) is 0.725. The summed E-state index contributed by atoms with van der Waals surface area (Å²) in [7, 11) is 0. The van der Waals surface area contributed by atoms with Crippen LogP contribution in [0.15, 0.2) is 30.3 Å². The summed E-state index contributed by atoms with van der Waals surface area (Å²) in [5, 5.41) is 1.04. The number of hydrogen-bond acceptors (Lipinski definition) is 5. The SMILES string of the molecule is Cc1cc(Cl)ccc1OCC(=O)OCc1cc(Cl)c2c(c1)OCCO2. The maximum absolute atomic E-state index is 11.9. The maximum atomic E-state index is 11.9. The summed E-state index contributed by atoms with van der Waals surface area (Å²) in [5.41, 5.74) is 1.56. The Hall–Kier alpha value is -2.11. The lowest BCUT2D eigenvalue weighted by Crippen LogP contribution is -2.17. The Bertz CT molecular complexity index is 791. The van der Waals surface area contributed by atoms with E-state index in [4.69, 9.17) is 42.1 Å². The van der Waals surface area contributed by atoms with Crippen LogP contribution < -0.4 is 14.2 Å². The van der Waals surface area contributed by atoms with Crippen LogP contribution in [-0.4, -0.2) is 25.8 Å². The lowest BCUT2D eigenvalue weighted by molar-refractivity contribution is -0.147. The standard InChI is InChI=1S/C18H16Cl2O5/c1-11-6-13(19)2-3-15(11)24-10-17(21)25-9-12-7-14(20)18-16(8-12)22-4-5-23-18/h2-3,6-8H,4-5,9-10H2,1H3. The van der Waals surface area contributed by atoms with Gasteiger partial charge in [-0.25, -0.2) is 4.79 Å². The molecule has 0 spiro atoms. The monoisotopic (exact) mass is 382 g/mol. The maximum Gasteiger partial charge on any atom is 0.344 e. The molecule has 0 amide bonds. The number of carbonyl (C=O) groups is 1. The third kappa shape index (κ3) is 4.50. The number of benzene rings is 2. The number of carbonyl (C=O) groups excluding carboxylic acids is 1. The average molecular weight is 383 g/mol. The van der Waals surface area contributed by atoms with Crippen molar-refractivity contribution in [2.45, 2.75) is 13.5 Å². The molecule has 1 aliphatic rings. The Labute approximate surface area is 155 Å². The van der Waals surface area contributed by atoms with Crippen LogP contribution in [0.1, 0.15) is 11.1 Å². The van der Waals surface area contributed by atoms with Gasteiger partial charge in [0.1, 0.15) is 25.6 Å². The zero-order valence-corrected chi connectivity index (χ0v) is 15.0. The second-order valence-electron chi connectivity index (χ2n) is 5.46. The van der Waals surface area contributed by atoms with Crippen molar-refractivity contribution in [2.75, 3.05) is 19.8 Å². The molecule has 0 saturated carbocycles. The molecule has 2 aromatic rings. The Kier molecular flexibility index (Phi) is 5.56. The highest BCUT2D eigenvalue weighted by molar-refractivity contribution is 6.32. The summed E-state index contributed by atoms with van der Waals surface area (Å²) >= 11 is 12.0. The van der Waals surface area contributed by atoms with Crippen LogP contribution in [-0.2, 0) is 16.1 Å². The van der Waals surface area contributed by atoms with E-state index in [9.17, 15) is 4.79 Å². The van der Waals surface area contributed by atoms with Crippen molar-refractivity contribution in [2.24, 2.45) is 0 Å². The molecule has 0 aliphatic carbocycles. The molecule has 0 atom stereocenters. The molecule has 25 heavy (non-hydrogen) atoms. The molecule has 132 valence electrons. The summed E-state index contributed by atoms with van der Waals surface area (Å²) < 4.78 is 21.6. The van der Waals surface area contributed by atoms with Gasteiger partial charge in [0, 0.05) is 5.02 Å². The van der Waals surface area contributed by atoms with E-state index < -0.39 is 5.97 Å². The molecule has 0 bridgehead atoms. The third-order valence-electron chi connectivity index (χ3n) is 3.54. The van der Waals surface area contributed by atoms with Crippen LogP contribution in [0.5, 0.6) is 17.2 Å². The molecular formula is C18H16Cl2O5. The zero-order chi connectivity index (χ0) is 17.8. The van der Waals surface area contributed by atoms with Crippen LogP contribution in [0.3, 0.4) is 0 Å². The molecule has 0 aromatic heterocycles. The number of esters is 1. The van der Waals surface area contributed by atoms with Gasteiger partial charge < -0.3 is 18.9 Å². The molecular weight excluding hydrogens is 367 g/mol. The molecule has 0 radical (unpaired) electrons. The van der Waals surface area contributed by atoms with E-state index in [1.807, 2.05) is 6.92 Å². The molecule has 0 fully saturated rings. The van der Waals surface area contributed by atoms with Gasteiger partial charge in [-0.3, -0.25) is 0 Å². The molecule has 0 saturated heterocycles. The Morgan fingerprint density at radius 3 is 2.76 bits per heavy atom. The number of fused-ring (bicyclic) bond motifs is 1. The van der Waals surface area contributed by atoms with Gasteiger partial charge in [0.25, 0.3) is 0 Å². The predicted molar refractivity (Wildman–Crippen MR) is 93.9 cm³/mol. The molecule has 0 unspecified atom stereocenters. The normalized spacial score (nSPS) is 12.6. The fraction of sp³-hybridized carbons (Fsp3) is 0.278. The van der Waals surface area contributed by atoms with Crippen molar-refractivity contribution in [1.82, 2.24) is 0 Å². The summed E-state index contributed by atoms with van der Waals surface area (Å²) in [6, 6.07) is 8.61. The van der Waals surface area contributed by atoms with Gasteiger partial charge in [0.2, 0.25) is 0 Å². The van der Waals surface area contributed by atoms with Crippen LogP contribution in [0.25, 0.3) is 0 Å². The minimum absolute atomic E-state index is 0.0676. The molecule has 5 nitrogen and oxygen atoms in total. The Balaban J connectivity index is 1.54. The summed E-state index contributed by atoms with van der Waals surface area (Å²) in [6.45, 7) is 2.64. The van der Waals surface area contributed by atoms with Crippen molar-refractivity contribution in [3.05, 3.63) is 51.5 Å². The molecule has 0 N–H and O–H groups in total. The second-order valence-corrected chi connectivity index (χ2v) is 6.30. The van der Waals surface area contributed by atoms with Crippen LogP contribution in [0.2, 0.25) is 10.0 Å². The van der Waals surface area contributed by atoms with Gasteiger partial charge in [0.05, 0.1) is 5.02 Å². The van der Waals surface area contributed by atoms with Crippen molar-refractivity contribution >= 4 is 29.2 Å². The number of rotatable bonds is 5. The first-order valence-corrected chi connectivity index (χ1v) is 8.41. The molecule has 2 aromatic carbocycles. The van der Waals surface area contributed by atoms with Gasteiger partial charge >= 0.3 is 5.97 Å². The highest BCUT2D eigenvalue weighted by Gasteiger charge is 2.17. The number of aryl methyl sites for hydroxylation is 1. The topological polar surface area (TPSA) is 54.0 Å². The number of halogens is 2. The fourth-order valence-electron chi connectivity index (χ4n) is 2.36. The van der Waals surface area contributed by atoms with E-state index >= 15 is 0 Å². The summed E-state index contributed by atoms with van der Waals surface area (Å²) in [4.78, 5) is 11.9. The minimum Gasteiger partial charge on any atom is -0.486 e. The van der Waals surface area contributed by atoms with Crippen LogP contribution in [0, 0.1) is 6.92 Å². The first-order chi connectivity index (χ1) is 12.0. The van der Waals surface area contributed by atoms with Gasteiger partial charge in [0.15, 0.2) is 18.1 Å². The van der Waals surface area contributed by atoms with Crippen LogP contribution in [0.4, 0.5) is 0 Å². The highest BCUT2D eigenvalue weighted by Crippen LogP contribution is 2.38. The predicted octanol–water partition coefficient (Wildman–Crippen LogP) is 4.20. The van der Waals surface area contributed by atoms with Crippen molar-refractivity contribution in [3.8, 4) is 17.2 Å². The lowest BCUT2D eigenvalue weighted by atomic mass is 10.2. The van der Waals surface area contributed by atoms with E-state index in [-0.39, 0.29) is 13.2 Å². The summed E-state index contributed by atoms with van der Waals surface area (Å²) in [6.07, 6.45) is 0. The molecule has 1 heterocycles. The van der Waals surface area contributed by atoms with Crippen molar-refractivity contribution in [3.63, 3.8) is 0 Å². The largest absolute Gasteiger partial charge is 0.486 e. The van der Waals surface area contributed by atoms with E-state index in [1.165, 1.54) is 0 Å². The van der Waals surface area contributed by atoms with E-state index in [0.717, 1.165) is 5.56 Å². The highest BCUT2D eigenvalue weighted by atomic mass is 35.5. The van der Waals surface area contributed by atoms with Crippen LogP contribution >= 0.6 is 23.2 Å². The third-order valence-corrected chi connectivity index (χ3v) is 4.05. The van der Waals surface area contributed by atoms with E-state index in [2.05, 4.69) is 0 Å². The Morgan fingerprint density at radius 1 is 1.16 bits per heavy atom. The van der Waals surface area contributed by atoms with E-state index in [1.54, 1.807) is 30.3 Å². The van der Waals surface area contributed by atoms with Gasteiger partial charge in [-0.15, -0.1) is 0 Å². The molecule has 3 rings (SSSR count). The van der Waals surface area contributed by atoms with E-state index in [0.29, 0.717) is 46.1 Å². The minimum atomic E-state index is -0.486. The number of hydrogen-bond donors (Lipinski definition) is 0. The smallest absolute Gasteiger partial charge is 0.344 e. The van der Waals surface area contributed by atoms with Crippen molar-refractivity contribution in [1.29, 1.82) is 0 Å².